The Morgan fingerprint density at radius 3 is 2.52 bits per heavy atom. The highest BCUT2D eigenvalue weighted by molar-refractivity contribution is 5.71. The van der Waals surface area contributed by atoms with Crippen molar-refractivity contribution in [1.29, 1.82) is 0 Å². The van der Waals surface area contributed by atoms with E-state index in [1.807, 2.05) is 13.8 Å². The van der Waals surface area contributed by atoms with Crippen LogP contribution in [0, 0.1) is 23.2 Å². The number of carbonyl (C=O) groups excluding carboxylic acids is 2. The molecule has 3 heteroatoms. The lowest BCUT2D eigenvalue weighted by Crippen LogP contribution is -2.28. The molecule has 4 atom stereocenters. The SMILES string of the molecule is C/C(=C\C=O)C1OC(=O)CC(C)CCC(C)(C)C(C)/C=C/C1C. The van der Waals surface area contributed by atoms with Gasteiger partial charge in [0.1, 0.15) is 12.4 Å². The molecule has 0 radical (unpaired) electrons. The fourth-order valence-electron chi connectivity index (χ4n) is 2.94. The Labute approximate surface area is 141 Å². The molecule has 0 saturated heterocycles. The van der Waals surface area contributed by atoms with E-state index in [1.165, 1.54) is 6.08 Å². The van der Waals surface area contributed by atoms with Gasteiger partial charge in [0.25, 0.3) is 0 Å². The fraction of sp³-hybridized carbons (Fsp3) is 0.700. The van der Waals surface area contributed by atoms with E-state index in [1.54, 1.807) is 0 Å². The van der Waals surface area contributed by atoms with Crippen molar-refractivity contribution in [2.45, 2.75) is 66.9 Å². The van der Waals surface area contributed by atoms with Crippen LogP contribution in [-0.4, -0.2) is 18.4 Å². The van der Waals surface area contributed by atoms with Gasteiger partial charge in [0.15, 0.2) is 0 Å². The van der Waals surface area contributed by atoms with Crippen LogP contribution in [0.1, 0.15) is 60.8 Å². The summed E-state index contributed by atoms with van der Waals surface area (Å²) in [5, 5.41) is 0. The van der Waals surface area contributed by atoms with Crippen molar-refractivity contribution < 1.29 is 14.3 Å². The number of cyclic esters (lactones) is 1. The van der Waals surface area contributed by atoms with Crippen LogP contribution in [0.3, 0.4) is 0 Å². The molecule has 3 nitrogen and oxygen atoms in total. The minimum Gasteiger partial charge on any atom is -0.457 e. The molecule has 0 spiro atoms. The molecule has 4 unspecified atom stereocenters. The van der Waals surface area contributed by atoms with Crippen molar-refractivity contribution in [3.05, 3.63) is 23.8 Å². The lowest BCUT2D eigenvalue weighted by Gasteiger charge is -2.32. The summed E-state index contributed by atoms with van der Waals surface area (Å²) in [4.78, 5) is 23.0. The zero-order valence-electron chi connectivity index (χ0n) is 15.5. The van der Waals surface area contributed by atoms with Gasteiger partial charge in [0.05, 0.1) is 0 Å². The molecule has 1 aliphatic heterocycles. The monoisotopic (exact) mass is 320 g/mol. The summed E-state index contributed by atoms with van der Waals surface area (Å²) in [5.41, 5.74) is 0.999. The largest absolute Gasteiger partial charge is 0.457 e. The van der Waals surface area contributed by atoms with Crippen LogP contribution >= 0.6 is 0 Å². The molecular weight excluding hydrogens is 288 g/mol. The highest BCUT2D eigenvalue weighted by atomic mass is 16.5. The second kappa shape index (κ2) is 8.47. The van der Waals surface area contributed by atoms with Gasteiger partial charge in [0.2, 0.25) is 0 Å². The number of hydrogen-bond donors (Lipinski definition) is 0. The third-order valence-corrected chi connectivity index (χ3v) is 5.25. The fourth-order valence-corrected chi connectivity index (χ4v) is 2.94. The minimum absolute atomic E-state index is 0.0446. The second-order valence-corrected chi connectivity index (χ2v) is 7.83. The number of rotatable bonds is 2. The lowest BCUT2D eigenvalue weighted by molar-refractivity contribution is -0.150. The van der Waals surface area contributed by atoms with Crippen molar-refractivity contribution in [2.24, 2.45) is 23.2 Å². The third-order valence-electron chi connectivity index (χ3n) is 5.25. The molecule has 0 aromatic carbocycles. The summed E-state index contributed by atoms with van der Waals surface area (Å²) in [6.45, 7) is 12.8. The number of esters is 1. The molecule has 0 bridgehead atoms. The maximum atomic E-state index is 12.2. The first-order valence-electron chi connectivity index (χ1n) is 8.67. The first-order chi connectivity index (χ1) is 10.7. The van der Waals surface area contributed by atoms with Gasteiger partial charge in [-0.2, -0.15) is 0 Å². The van der Waals surface area contributed by atoms with Crippen LogP contribution < -0.4 is 0 Å². The highest BCUT2D eigenvalue weighted by Gasteiger charge is 2.28. The Bertz CT molecular complexity index is 473. The molecule has 1 heterocycles. The number of ether oxygens (including phenoxy) is 1. The molecular formula is C20H32O3. The summed E-state index contributed by atoms with van der Waals surface area (Å²) < 4.78 is 5.69. The topological polar surface area (TPSA) is 43.4 Å². The first kappa shape index (κ1) is 19.7. The van der Waals surface area contributed by atoms with Crippen LogP contribution in [0.4, 0.5) is 0 Å². The molecule has 0 fully saturated rings. The van der Waals surface area contributed by atoms with Crippen molar-refractivity contribution in [2.75, 3.05) is 0 Å². The lowest BCUT2D eigenvalue weighted by atomic mass is 9.74. The Morgan fingerprint density at radius 2 is 1.91 bits per heavy atom. The summed E-state index contributed by atoms with van der Waals surface area (Å²) >= 11 is 0. The van der Waals surface area contributed by atoms with Gasteiger partial charge in [-0.15, -0.1) is 0 Å². The molecule has 0 N–H and O–H groups in total. The standard InChI is InChI=1S/C20H32O3/c1-14-9-11-20(5,6)17(4)8-7-15(2)19(16(3)10-12-21)23-18(22)13-14/h7-8,10,12,14-15,17,19H,9,11,13H2,1-6H3/b8-7+,16-10+. The van der Waals surface area contributed by atoms with Gasteiger partial charge in [-0.1, -0.05) is 46.8 Å². The number of carbonyl (C=O) groups is 2. The van der Waals surface area contributed by atoms with Crippen molar-refractivity contribution >= 4 is 12.3 Å². The van der Waals surface area contributed by atoms with Crippen molar-refractivity contribution in [3.63, 3.8) is 0 Å². The number of hydrogen-bond acceptors (Lipinski definition) is 3. The second-order valence-electron chi connectivity index (χ2n) is 7.83. The first-order valence-corrected chi connectivity index (χ1v) is 8.67. The van der Waals surface area contributed by atoms with Gasteiger partial charge in [-0.25, -0.2) is 0 Å². The smallest absolute Gasteiger partial charge is 0.306 e. The van der Waals surface area contributed by atoms with Crippen LogP contribution in [-0.2, 0) is 14.3 Å². The molecule has 1 rings (SSSR count). The van der Waals surface area contributed by atoms with Crippen LogP contribution in [0.5, 0.6) is 0 Å². The molecule has 0 saturated carbocycles. The van der Waals surface area contributed by atoms with E-state index in [4.69, 9.17) is 4.74 Å². The Hall–Kier alpha value is -1.38. The van der Waals surface area contributed by atoms with Gasteiger partial charge in [0, 0.05) is 12.3 Å². The molecule has 0 aliphatic carbocycles. The summed E-state index contributed by atoms with van der Waals surface area (Å²) in [6, 6.07) is 0. The predicted octanol–water partition coefficient (Wildman–Crippen LogP) is 4.72. The van der Waals surface area contributed by atoms with Crippen molar-refractivity contribution in [1.82, 2.24) is 0 Å². The van der Waals surface area contributed by atoms with E-state index in [9.17, 15) is 9.59 Å². The van der Waals surface area contributed by atoms with E-state index in [2.05, 4.69) is 39.8 Å². The van der Waals surface area contributed by atoms with E-state index < -0.39 is 0 Å². The minimum atomic E-state index is -0.370. The summed E-state index contributed by atoms with van der Waals surface area (Å²) in [6.07, 6.45) is 8.77. The summed E-state index contributed by atoms with van der Waals surface area (Å²) in [7, 11) is 0. The molecule has 1 aliphatic rings. The quantitative estimate of drug-likeness (QED) is 0.320. The number of allylic oxidation sites excluding steroid dienone is 2. The van der Waals surface area contributed by atoms with E-state index in [-0.39, 0.29) is 23.4 Å². The number of aldehydes is 1. The predicted molar refractivity (Wildman–Crippen MR) is 94.0 cm³/mol. The molecule has 130 valence electrons. The van der Waals surface area contributed by atoms with Crippen LogP contribution in [0.2, 0.25) is 0 Å². The van der Waals surface area contributed by atoms with Gasteiger partial charge < -0.3 is 4.74 Å². The van der Waals surface area contributed by atoms with Crippen LogP contribution in [0.15, 0.2) is 23.8 Å². The summed E-state index contributed by atoms with van der Waals surface area (Å²) in [5.74, 6) is 0.628. The van der Waals surface area contributed by atoms with Crippen molar-refractivity contribution in [3.8, 4) is 0 Å². The normalized spacial score (nSPS) is 34.7. The average Bonchev–Trinajstić information content (AvgIpc) is 2.47. The average molecular weight is 320 g/mol. The van der Waals surface area contributed by atoms with Crippen LogP contribution in [0.25, 0.3) is 0 Å². The molecule has 0 aromatic rings. The van der Waals surface area contributed by atoms with Gasteiger partial charge in [-0.3, -0.25) is 9.59 Å². The molecule has 0 amide bonds. The Morgan fingerprint density at radius 1 is 1.26 bits per heavy atom. The van der Waals surface area contributed by atoms with E-state index in [0.29, 0.717) is 18.3 Å². The molecule has 0 aromatic heterocycles. The zero-order valence-corrected chi connectivity index (χ0v) is 15.5. The van der Waals surface area contributed by atoms with Gasteiger partial charge in [-0.05, 0) is 48.7 Å². The molecule has 23 heavy (non-hydrogen) atoms. The van der Waals surface area contributed by atoms with E-state index >= 15 is 0 Å². The third kappa shape index (κ3) is 5.96. The Balaban J connectivity index is 3.11. The van der Waals surface area contributed by atoms with Gasteiger partial charge >= 0.3 is 5.97 Å². The maximum absolute atomic E-state index is 12.2. The maximum Gasteiger partial charge on any atom is 0.306 e. The van der Waals surface area contributed by atoms with E-state index in [0.717, 1.165) is 24.7 Å². The highest BCUT2D eigenvalue weighted by Crippen LogP contribution is 2.35. The zero-order chi connectivity index (χ0) is 17.6. The Kier molecular flexibility index (Phi) is 7.24.